The Bertz CT molecular complexity index is 625. The number of nitrogens with zero attached hydrogens (tertiary/aromatic N) is 4. The van der Waals surface area contributed by atoms with E-state index in [2.05, 4.69) is 35.7 Å². The molecule has 0 N–H and O–H groups in total. The monoisotopic (exact) mass is 324 g/mol. The highest BCUT2D eigenvalue weighted by molar-refractivity contribution is 9.10. The van der Waals surface area contributed by atoms with Gasteiger partial charge in [-0.1, -0.05) is 0 Å². The van der Waals surface area contributed by atoms with E-state index >= 15 is 0 Å². The average Bonchev–Trinajstić information content (AvgIpc) is 2.69. The van der Waals surface area contributed by atoms with Gasteiger partial charge in [-0.2, -0.15) is 22.7 Å². The number of rotatable bonds is 1. The standard InChI is InChI=1S/C8H4BrF3N4O2/c1-18-6(17)5-14-7-13-2-3(9)4(8(10,11)12)16(7)15-5/h2H,1H3. The minimum Gasteiger partial charge on any atom is -0.463 e. The second-order valence-corrected chi connectivity index (χ2v) is 3.95. The summed E-state index contributed by atoms with van der Waals surface area (Å²) in [6, 6.07) is 0. The maximum atomic E-state index is 12.8. The highest BCUT2D eigenvalue weighted by Gasteiger charge is 2.37. The van der Waals surface area contributed by atoms with E-state index in [4.69, 9.17) is 0 Å². The number of ether oxygens (including phenoxy) is 1. The van der Waals surface area contributed by atoms with Crippen LogP contribution in [0.25, 0.3) is 5.78 Å². The first-order valence-corrected chi connectivity index (χ1v) is 5.20. The molecule has 2 heterocycles. The van der Waals surface area contributed by atoms with E-state index < -0.39 is 23.7 Å². The predicted molar refractivity (Wildman–Crippen MR) is 54.8 cm³/mol. The fourth-order valence-electron chi connectivity index (χ4n) is 1.25. The molecule has 18 heavy (non-hydrogen) atoms. The van der Waals surface area contributed by atoms with Crippen LogP contribution in [0, 0.1) is 0 Å². The summed E-state index contributed by atoms with van der Waals surface area (Å²) in [7, 11) is 1.07. The molecule has 0 unspecified atom stereocenters. The van der Waals surface area contributed by atoms with E-state index in [1.54, 1.807) is 0 Å². The Kier molecular flexibility index (Phi) is 2.97. The third kappa shape index (κ3) is 2.03. The topological polar surface area (TPSA) is 69.4 Å². The van der Waals surface area contributed by atoms with Crippen LogP contribution in [-0.4, -0.2) is 32.7 Å². The second kappa shape index (κ2) is 4.19. The molecule has 0 aromatic carbocycles. The molecule has 2 aromatic heterocycles. The van der Waals surface area contributed by atoms with E-state index in [1.807, 2.05) is 0 Å². The normalized spacial score (nSPS) is 11.8. The van der Waals surface area contributed by atoms with Crippen LogP contribution in [0.1, 0.15) is 16.3 Å². The molecule has 0 spiro atoms. The molecule has 2 aromatic rings. The summed E-state index contributed by atoms with van der Waals surface area (Å²) in [4.78, 5) is 18.3. The SMILES string of the molecule is COC(=O)c1nc2ncc(Br)c(C(F)(F)F)n2n1. The molecule has 0 aliphatic carbocycles. The number of esters is 1. The zero-order valence-electron chi connectivity index (χ0n) is 8.69. The quantitative estimate of drug-likeness (QED) is 0.747. The first-order valence-electron chi connectivity index (χ1n) is 4.41. The molecule has 0 bridgehead atoms. The van der Waals surface area contributed by atoms with Gasteiger partial charge in [0.1, 0.15) is 0 Å². The number of fused-ring (bicyclic) bond motifs is 1. The van der Waals surface area contributed by atoms with Crippen molar-refractivity contribution >= 4 is 27.7 Å². The first kappa shape index (κ1) is 12.7. The molecule has 0 saturated carbocycles. The Balaban J connectivity index is 2.73. The third-order valence-electron chi connectivity index (χ3n) is 1.96. The minimum absolute atomic E-state index is 0.302. The summed E-state index contributed by atoms with van der Waals surface area (Å²) >= 11 is 2.73. The molecule has 2 rings (SSSR count). The number of hydrogen-bond acceptors (Lipinski definition) is 5. The molecule has 6 nitrogen and oxygen atoms in total. The van der Waals surface area contributed by atoms with Crippen LogP contribution in [0.5, 0.6) is 0 Å². The van der Waals surface area contributed by atoms with Gasteiger partial charge in [-0.15, -0.1) is 5.10 Å². The largest absolute Gasteiger partial charge is 0.463 e. The van der Waals surface area contributed by atoms with Gasteiger partial charge in [0.05, 0.1) is 11.6 Å². The number of methoxy groups -OCH3 is 1. The van der Waals surface area contributed by atoms with Crippen molar-refractivity contribution in [3.05, 3.63) is 22.2 Å². The molecular weight excluding hydrogens is 321 g/mol. The van der Waals surface area contributed by atoms with Gasteiger partial charge in [-0.3, -0.25) is 0 Å². The van der Waals surface area contributed by atoms with Gasteiger partial charge in [0, 0.05) is 6.20 Å². The van der Waals surface area contributed by atoms with Crippen molar-refractivity contribution in [2.75, 3.05) is 7.11 Å². The Labute approximate surface area is 106 Å². The fraction of sp³-hybridized carbons (Fsp3) is 0.250. The molecule has 0 amide bonds. The lowest BCUT2D eigenvalue weighted by Gasteiger charge is -2.09. The van der Waals surface area contributed by atoms with Gasteiger partial charge in [-0.05, 0) is 15.9 Å². The molecule has 0 saturated heterocycles. The first-order chi connectivity index (χ1) is 8.34. The Hall–Kier alpha value is -1.71. The number of hydrogen-bond donors (Lipinski definition) is 0. The van der Waals surface area contributed by atoms with Gasteiger partial charge < -0.3 is 4.74 Å². The van der Waals surface area contributed by atoms with Crippen molar-refractivity contribution in [2.24, 2.45) is 0 Å². The summed E-state index contributed by atoms with van der Waals surface area (Å²) in [6.07, 6.45) is -3.73. The van der Waals surface area contributed by atoms with E-state index in [9.17, 15) is 18.0 Å². The molecular formula is C8H4BrF3N4O2. The second-order valence-electron chi connectivity index (χ2n) is 3.09. The predicted octanol–water partition coefficient (Wildman–Crippen LogP) is 1.69. The average molecular weight is 325 g/mol. The molecule has 0 atom stereocenters. The van der Waals surface area contributed by atoms with Crippen LogP contribution in [0.15, 0.2) is 10.7 Å². The lowest BCUT2D eigenvalue weighted by atomic mass is 10.4. The van der Waals surface area contributed by atoms with Gasteiger partial charge >= 0.3 is 12.1 Å². The summed E-state index contributed by atoms with van der Waals surface area (Å²) in [5, 5.41) is 3.43. The Morgan fingerprint density at radius 2 is 2.17 bits per heavy atom. The fourth-order valence-corrected chi connectivity index (χ4v) is 1.74. The smallest absolute Gasteiger partial charge is 0.434 e. The van der Waals surface area contributed by atoms with E-state index in [-0.39, 0.29) is 10.3 Å². The lowest BCUT2D eigenvalue weighted by molar-refractivity contribution is -0.143. The van der Waals surface area contributed by atoms with Gasteiger partial charge in [0.2, 0.25) is 0 Å². The minimum atomic E-state index is -4.67. The number of carbonyl (C=O) groups excluding carboxylic acids is 1. The van der Waals surface area contributed by atoms with Gasteiger partial charge in [0.25, 0.3) is 11.6 Å². The van der Waals surface area contributed by atoms with Crippen LogP contribution in [0.2, 0.25) is 0 Å². The van der Waals surface area contributed by atoms with Crippen molar-refractivity contribution in [1.82, 2.24) is 19.6 Å². The van der Waals surface area contributed by atoms with Gasteiger partial charge in [-0.25, -0.2) is 9.78 Å². The summed E-state index contributed by atoms with van der Waals surface area (Å²) < 4.78 is 42.9. The molecule has 0 fully saturated rings. The van der Waals surface area contributed by atoms with Crippen LogP contribution in [0.3, 0.4) is 0 Å². The van der Waals surface area contributed by atoms with Crippen LogP contribution in [-0.2, 0) is 10.9 Å². The van der Waals surface area contributed by atoms with Crippen LogP contribution < -0.4 is 0 Å². The van der Waals surface area contributed by atoms with Crippen LogP contribution >= 0.6 is 15.9 Å². The van der Waals surface area contributed by atoms with Crippen LogP contribution in [0.4, 0.5) is 13.2 Å². The number of halogens is 4. The summed E-state index contributed by atoms with van der Waals surface area (Å²) in [5.74, 6) is -1.77. The molecule has 96 valence electrons. The van der Waals surface area contributed by atoms with Crippen molar-refractivity contribution in [3.8, 4) is 0 Å². The van der Waals surface area contributed by atoms with E-state index in [0.717, 1.165) is 13.3 Å². The van der Waals surface area contributed by atoms with E-state index in [0.29, 0.717) is 4.52 Å². The maximum absolute atomic E-state index is 12.8. The summed E-state index contributed by atoms with van der Waals surface area (Å²) in [6.45, 7) is 0. The Morgan fingerprint density at radius 1 is 1.50 bits per heavy atom. The van der Waals surface area contributed by atoms with E-state index in [1.165, 1.54) is 0 Å². The molecule has 10 heteroatoms. The third-order valence-corrected chi connectivity index (χ3v) is 2.54. The van der Waals surface area contributed by atoms with Crippen molar-refractivity contribution < 1.29 is 22.7 Å². The van der Waals surface area contributed by atoms with Crippen molar-refractivity contribution in [3.63, 3.8) is 0 Å². The molecule has 0 aliphatic heterocycles. The zero-order chi connectivity index (χ0) is 13.5. The van der Waals surface area contributed by atoms with Crippen molar-refractivity contribution in [2.45, 2.75) is 6.18 Å². The number of aromatic nitrogens is 4. The van der Waals surface area contributed by atoms with Gasteiger partial charge in [0.15, 0.2) is 5.69 Å². The summed E-state index contributed by atoms with van der Waals surface area (Å²) in [5.41, 5.74) is -1.10. The molecule has 0 aliphatic rings. The van der Waals surface area contributed by atoms with Crippen molar-refractivity contribution in [1.29, 1.82) is 0 Å². The number of alkyl halides is 3. The number of carbonyl (C=O) groups is 1. The molecule has 0 radical (unpaired) electrons. The Morgan fingerprint density at radius 3 is 2.72 bits per heavy atom. The highest BCUT2D eigenvalue weighted by Crippen LogP contribution is 2.34. The maximum Gasteiger partial charge on any atom is 0.434 e. The highest BCUT2D eigenvalue weighted by atomic mass is 79.9. The zero-order valence-corrected chi connectivity index (χ0v) is 10.3. The lowest BCUT2D eigenvalue weighted by Crippen LogP contribution is -2.14.